The van der Waals surface area contributed by atoms with E-state index in [0.29, 0.717) is 43.2 Å². The molecule has 7 fully saturated rings. The summed E-state index contributed by atoms with van der Waals surface area (Å²) in [5.74, 6) is 0.721. The van der Waals surface area contributed by atoms with Crippen molar-refractivity contribution in [2.45, 2.75) is 261 Å². The van der Waals surface area contributed by atoms with Crippen LogP contribution in [0.5, 0.6) is 0 Å². The largest absolute Gasteiger partial charge is 0.481 e. The highest BCUT2D eigenvalue weighted by Crippen LogP contribution is 2.42. The van der Waals surface area contributed by atoms with E-state index in [1.165, 1.54) is 24.5 Å². The van der Waals surface area contributed by atoms with Crippen molar-refractivity contribution in [3.05, 3.63) is 130 Å². The lowest BCUT2D eigenvalue weighted by Crippen LogP contribution is -2.23. The van der Waals surface area contributed by atoms with E-state index in [4.69, 9.17) is 39.7 Å². The van der Waals surface area contributed by atoms with E-state index in [1.54, 1.807) is 37.3 Å². The number of carbonyl (C=O) groups is 3. The number of carboxylic acids is 1. The first-order valence-corrected chi connectivity index (χ1v) is 54.6. The van der Waals surface area contributed by atoms with Crippen molar-refractivity contribution in [2.24, 2.45) is 35.5 Å². The van der Waals surface area contributed by atoms with Crippen LogP contribution < -0.4 is 0 Å². The van der Waals surface area contributed by atoms with Gasteiger partial charge in [-0.3, -0.25) is 28.8 Å². The lowest BCUT2D eigenvalue weighted by Gasteiger charge is -2.21. The Kier molecular flexibility index (Phi) is 40.7. The predicted octanol–water partition coefficient (Wildman–Crippen LogP) is 17.8. The number of aliphatic carboxylic acids is 1. The SMILES string of the molecule is C.C=CC#N.C[Si](C)(C)C.C[Si](C)(C)CCOCn1ccc2c(-c3cn[nH]c3)ncnc21.C[Si](C)(C)CCOCn1ccc2c(-c3cnn(C(CC#N)[C@H]4CC[C@@H](O)C4)c3)ncnc21.I.N#C/C=C/[C@H]1CC[C@@H](O)C1.N#CCC([C@H]1CC[C@@H](O)C1)n1cc(-c2ncnc3[nH]ccc23)cn1.O=C(O)C1CC=CC1.O=C1OC2CC1CC2Br.O=C1OC2CCC1C2. The van der Waals surface area contributed by atoms with E-state index in [-0.39, 0.29) is 109 Å². The third-order valence-corrected chi connectivity index (χ3v) is 26.4. The number of H-pyrrole nitrogens is 2. The molecule has 7 unspecified atom stereocenters. The van der Waals surface area contributed by atoms with Gasteiger partial charge < -0.3 is 53.5 Å². The molecule has 30 nitrogen and oxygen atoms in total. The molecule has 6 aliphatic carbocycles. The van der Waals surface area contributed by atoms with Gasteiger partial charge in [-0.25, -0.2) is 29.9 Å². The summed E-state index contributed by atoms with van der Waals surface area (Å²) in [7, 11) is -2.78. The third-order valence-electron chi connectivity index (χ3n) is 22.1. The lowest BCUT2D eigenvalue weighted by atomic mass is 9.96. The molecule has 4 bridgehead atoms. The van der Waals surface area contributed by atoms with E-state index >= 15 is 0 Å². The van der Waals surface area contributed by atoms with E-state index in [9.17, 15) is 35.1 Å². The summed E-state index contributed by atoms with van der Waals surface area (Å²) in [5.41, 5.74) is 7.82. The second-order valence-corrected chi connectivity index (χ2v) is 54.5. The fourth-order valence-electron chi connectivity index (χ4n) is 15.5. The molecule has 35 heteroatoms. The maximum Gasteiger partial charge on any atom is 0.309 e. The zero-order chi connectivity index (χ0) is 88.1. The van der Waals surface area contributed by atoms with Crippen LogP contribution in [0.2, 0.25) is 77.6 Å². The molecule has 9 aromatic heterocycles. The first-order valence-electron chi connectivity index (χ1n) is 42.2. The fraction of sp³-hybridized carbons (Fsp3) is 0.551. The molecule has 0 amide bonds. The monoisotopic (exact) mass is 1930 g/mol. The quantitative estimate of drug-likeness (QED) is 0.00740. The molecule has 0 radical (unpaired) electrons. The minimum atomic E-state index is -1.12. The maximum absolute atomic E-state index is 10.7. The highest BCUT2D eigenvalue weighted by atomic mass is 127. The molecule has 13 atom stereocenters. The molecule has 6 N–H and O–H groups in total. The number of aromatic nitrogens is 15. The first kappa shape index (κ1) is 102. The summed E-state index contributed by atoms with van der Waals surface area (Å²) in [4.78, 5) is 61.4. The van der Waals surface area contributed by atoms with Gasteiger partial charge in [-0.05, 0) is 151 Å². The molecule has 17 rings (SSSR count). The number of aliphatic hydroxyl groups excluding tert-OH is 3. The number of hydrogen-bond donors (Lipinski definition) is 6. The Bertz CT molecular complexity index is 5070. The molecule has 2 saturated heterocycles. The zero-order valence-corrected chi connectivity index (χ0v) is 79.3. The fourth-order valence-corrected chi connectivity index (χ4v) is 17.8. The molecular formula is C89H125BrIN19O11Si3. The number of aromatic amines is 2. The Labute approximate surface area is 756 Å². The van der Waals surface area contributed by atoms with Crippen LogP contribution in [-0.2, 0) is 46.8 Å². The molecule has 668 valence electrons. The summed E-state index contributed by atoms with van der Waals surface area (Å²) in [6.45, 7) is 29.1. The number of nitriles is 4. The standard InChI is InChI=1S/C23H32N6O2Si.C17H18N6O.C15H21N5OSi.C8H11NO.C6H7BrO2.2C6H8O2.C4H12Si.C3H3N.CH4.HI/c1-32(2,3)11-10-31-16-28-9-7-20-22(25-15-26-23(20)28)18-13-27-29(14-18)21(6-8-24)17-4-5-19(30)12-17;18-5-3-15(11-1-2-13(24)7-11)23-9-12(8-22-23)16-14-4-6-19-17(14)21-10-20-16;1-22(2,3)7-6-21-11-20-5-4-13-14(12-8-18-19-9-12)16-10-17-15(13)20;9-5-1-2-7-3-4-8(10)6-7;7-4-1-3-2-5(4)9-6(3)8;7-6-4-1-2-5(3-4)8-6;7-6(8)5-3-1-2-4-5;1-5(2,3)4;1-2-3-4;;/h7,9,13-15,17,19,21,30H,4-6,10-12,16H2,1-3H3;4,6,8-11,13,15,24H,1-3,7H2,(H,19,20,21);4-5,8-10H,6-7,11H2,1-3H3,(H,18,19);1-2,7-8,10H,3-4,6H2;3-5H,1-2H2;4-5H,1-3H2;1-2,5H,3-4H2,(H,7,8);1-4H3;2H,1H2;1H4;1H/b;;;2-1+;;;;;;;/t17-,19+,21?;11-,13+,15?;;7-,8+;;;;;;;/m00.0......./s1. The number of rotatable bonds is 21. The van der Waals surface area contributed by atoms with E-state index in [2.05, 4.69) is 155 Å². The van der Waals surface area contributed by atoms with Crippen LogP contribution in [-0.4, -0.2) is 185 Å². The van der Waals surface area contributed by atoms with E-state index < -0.39 is 30.2 Å². The summed E-state index contributed by atoms with van der Waals surface area (Å²) in [6, 6.07) is 16.4. The average Bonchev–Trinajstić information content (AvgIpc) is 1.64. The molecular weight excluding hydrogens is 1800 g/mol. The van der Waals surface area contributed by atoms with Gasteiger partial charge in [0.1, 0.15) is 61.6 Å². The minimum Gasteiger partial charge on any atom is -0.481 e. The van der Waals surface area contributed by atoms with E-state index in [1.807, 2.05) is 98.2 Å². The van der Waals surface area contributed by atoms with Gasteiger partial charge in [0.2, 0.25) is 0 Å². The van der Waals surface area contributed by atoms with Crippen molar-refractivity contribution in [3.63, 3.8) is 0 Å². The van der Waals surface area contributed by atoms with Crippen molar-refractivity contribution >= 4 is 115 Å². The summed E-state index contributed by atoms with van der Waals surface area (Å²) in [6.07, 6.45) is 44.8. The number of carboxylic acid groups (broad SMARTS) is 1. The van der Waals surface area contributed by atoms with Gasteiger partial charge in [-0.2, -0.15) is 36.3 Å². The smallest absolute Gasteiger partial charge is 0.309 e. The molecule has 2 aliphatic heterocycles. The lowest BCUT2D eigenvalue weighted by molar-refractivity contribution is -0.148. The highest BCUT2D eigenvalue weighted by Gasteiger charge is 2.46. The van der Waals surface area contributed by atoms with Crippen LogP contribution in [0.1, 0.15) is 135 Å². The summed E-state index contributed by atoms with van der Waals surface area (Å²) in [5, 5.41) is 90.2. The number of allylic oxidation sites excluding steroid dienone is 5. The van der Waals surface area contributed by atoms with Crippen LogP contribution in [0.4, 0.5) is 0 Å². The molecule has 124 heavy (non-hydrogen) atoms. The van der Waals surface area contributed by atoms with Crippen molar-refractivity contribution in [1.82, 2.24) is 73.8 Å². The first-order chi connectivity index (χ1) is 58.3. The average molecular weight is 1930 g/mol. The molecule has 11 heterocycles. The number of alkyl halides is 1. The van der Waals surface area contributed by atoms with Gasteiger partial charge in [-0.1, -0.05) is 114 Å². The Balaban J connectivity index is 0.000000206. The Morgan fingerprint density at radius 1 is 0.629 bits per heavy atom. The van der Waals surface area contributed by atoms with Crippen LogP contribution >= 0.6 is 39.9 Å². The molecule has 5 saturated carbocycles. The Morgan fingerprint density at radius 2 is 1.13 bits per heavy atom. The number of ether oxygens (including phenoxy) is 4. The van der Waals surface area contributed by atoms with Crippen LogP contribution in [0, 0.1) is 80.8 Å². The number of esters is 2. The zero-order valence-electron chi connectivity index (χ0n) is 72.3. The number of carbonyl (C=O) groups excluding carboxylic acids is 2. The van der Waals surface area contributed by atoms with Gasteiger partial charge in [0, 0.05) is 120 Å². The van der Waals surface area contributed by atoms with Gasteiger partial charge in [0.15, 0.2) is 0 Å². The van der Waals surface area contributed by atoms with Crippen molar-refractivity contribution in [2.75, 3.05) is 13.2 Å². The van der Waals surface area contributed by atoms with Crippen LogP contribution in [0.15, 0.2) is 130 Å². The topological polar surface area (TPSA) is 432 Å². The van der Waals surface area contributed by atoms with Gasteiger partial charge in [0.05, 0.1) is 126 Å². The Morgan fingerprint density at radius 3 is 1.51 bits per heavy atom. The van der Waals surface area contributed by atoms with E-state index in [0.717, 1.165) is 189 Å². The number of nitrogens with zero attached hydrogens (tertiary/aromatic N) is 17. The minimum absolute atomic E-state index is 0. The second-order valence-electron chi connectivity index (χ2n) is 36.1. The van der Waals surface area contributed by atoms with Crippen LogP contribution in [0.3, 0.4) is 0 Å². The second kappa shape index (κ2) is 49.6. The highest BCUT2D eigenvalue weighted by molar-refractivity contribution is 14.0. The van der Waals surface area contributed by atoms with Crippen molar-refractivity contribution in [3.8, 4) is 58.0 Å². The number of nitrogens with one attached hydrogen (secondary N) is 2. The number of aliphatic hydroxyl groups is 3. The molecule has 0 spiro atoms. The number of fused-ring (bicyclic) bond motifs is 7. The molecule has 9 aromatic rings. The van der Waals surface area contributed by atoms with Gasteiger partial charge >= 0.3 is 17.9 Å². The Hall–Kier alpha value is -9.26. The summed E-state index contributed by atoms with van der Waals surface area (Å²) >= 11 is 3.45. The van der Waals surface area contributed by atoms with Gasteiger partial charge in [-0.15, -0.1) is 24.0 Å². The van der Waals surface area contributed by atoms with Gasteiger partial charge in [0.25, 0.3) is 0 Å². The molecule has 0 aromatic carbocycles. The predicted molar refractivity (Wildman–Crippen MR) is 500 cm³/mol. The van der Waals surface area contributed by atoms with Crippen molar-refractivity contribution < 1.29 is 53.8 Å². The molecule has 8 aliphatic rings. The third kappa shape index (κ3) is 31.4. The van der Waals surface area contributed by atoms with Crippen LogP contribution in [0.25, 0.3) is 66.9 Å². The van der Waals surface area contributed by atoms with Crippen molar-refractivity contribution in [1.29, 1.82) is 21.0 Å². The maximum atomic E-state index is 10.7. The normalized spacial score (nSPS) is 22.3. The summed E-state index contributed by atoms with van der Waals surface area (Å²) < 4.78 is 29.4. The number of hydrogen-bond acceptors (Lipinski definition) is 23. The number of halogens is 2.